The quantitative estimate of drug-likeness (QED) is 0.461. The molecule has 0 fully saturated rings. The maximum absolute atomic E-state index is 11.9. The van der Waals surface area contributed by atoms with E-state index in [0.717, 1.165) is 6.07 Å². The molecule has 0 unspecified atom stereocenters. The smallest absolute Gasteiger partial charge is 0.360 e. The Morgan fingerprint density at radius 2 is 2.24 bits per heavy atom. The SMILES string of the molecule is COC(=O)c1nn(C)cc1NC(=O)c1cc([N+](=O)[O-])[nH]n1. The molecular weight excluding hydrogens is 284 g/mol. The first-order valence-corrected chi connectivity index (χ1v) is 5.55. The van der Waals surface area contributed by atoms with Crippen LogP contribution >= 0.6 is 0 Å². The van der Waals surface area contributed by atoms with E-state index in [-0.39, 0.29) is 17.1 Å². The molecule has 2 N–H and O–H groups in total. The van der Waals surface area contributed by atoms with Gasteiger partial charge in [-0.1, -0.05) is 5.10 Å². The fourth-order valence-electron chi connectivity index (χ4n) is 1.54. The number of aromatic amines is 1. The van der Waals surface area contributed by atoms with Crippen LogP contribution in [-0.4, -0.2) is 43.9 Å². The maximum Gasteiger partial charge on any atom is 0.360 e. The van der Waals surface area contributed by atoms with Gasteiger partial charge >= 0.3 is 11.8 Å². The zero-order valence-electron chi connectivity index (χ0n) is 11.0. The van der Waals surface area contributed by atoms with Crippen LogP contribution in [0.4, 0.5) is 11.5 Å². The van der Waals surface area contributed by atoms with Crippen molar-refractivity contribution in [1.29, 1.82) is 0 Å². The number of aromatic nitrogens is 4. The summed E-state index contributed by atoms with van der Waals surface area (Å²) in [5, 5.41) is 22.4. The first-order chi connectivity index (χ1) is 9.92. The minimum atomic E-state index is -0.725. The summed E-state index contributed by atoms with van der Waals surface area (Å²) in [7, 11) is 2.74. The fourth-order valence-corrected chi connectivity index (χ4v) is 1.54. The minimum Gasteiger partial charge on any atom is -0.464 e. The zero-order chi connectivity index (χ0) is 15.6. The second-order valence-corrected chi connectivity index (χ2v) is 3.91. The molecule has 0 saturated carbocycles. The number of amides is 1. The molecule has 0 bridgehead atoms. The van der Waals surface area contributed by atoms with E-state index >= 15 is 0 Å². The van der Waals surface area contributed by atoms with Crippen LogP contribution in [0.25, 0.3) is 0 Å². The topological polar surface area (TPSA) is 145 Å². The van der Waals surface area contributed by atoms with E-state index in [9.17, 15) is 19.7 Å². The number of esters is 1. The number of carbonyl (C=O) groups excluding carboxylic acids is 2. The molecule has 11 nitrogen and oxygen atoms in total. The van der Waals surface area contributed by atoms with Gasteiger partial charge in [-0.25, -0.2) is 4.79 Å². The summed E-state index contributed by atoms with van der Waals surface area (Å²) in [6.45, 7) is 0. The van der Waals surface area contributed by atoms with Gasteiger partial charge in [-0.15, -0.1) is 5.10 Å². The molecule has 0 spiro atoms. The molecule has 2 rings (SSSR count). The lowest BCUT2D eigenvalue weighted by Gasteiger charge is -2.01. The molecule has 0 aliphatic rings. The maximum atomic E-state index is 11.9. The predicted octanol–water partition coefficient (Wildman–Crippen LogP) is 0.0903. The van der Waals surface area contributed by atoms with E-state index in [4.69, 9.17) is 0 Å². The first-order valence-electron chi connectivity index (χ1n) is 5.55. The Morgan fingerprint density at radius 1 is 1.52 bits per heavy atom. The van der Waals surface area contributed by atoms with Gasteiger partial charge in [0.15, 0.2) is 11.4 Å². The molecule has 110 valence electrons. The average molecular weight is 294 g/mol. The number of methoxy groups -OCH3 is 1. The number of nitro groups is 1. The van der Waals surface area contributed by atoms with Gasteiger partial charge in [0.05, 0.1) is 18.9 Å². The standard InChI is InChI=1S/C10H10N6O5/c1-15-4-6(8(14-15)10(18)21-2)11-9(17)5-3-7(13-12-5)16(19)20/h3-4H,1-2H3,(H,11,17)(H,12,13). The van der Waals surface area contributed by atoms with Crippen molar-refractivity contribution in [2.24, 2.45) is 7.05 Å². The van der Waals surface area contributed by atoms with Crippen molar-refractivity contribution in [1.82, 2.24) is 20.0 Å². The van der Waals surface area contributed by atoms with Crippen LogP contribution in [0.1, 0.15) is 21.0 Å². The van der Waals surface area contributed by atoms with E-state index in [0.29, 0.717) is 0 Å². The summed E-state index contributed by atoms with van der Waals surface area (Å²) in [4.78, 5) is 33.2. The summed E-state index contributed by atoms with van der Waals surface area (Å²) < 4.78 is 5.85. The number of hydrogen-bond acceptors (Lipinski definition) is 7. The van der Waals surface area contributed by atoms with Gasteiger partial charge in [0.1, 0.15) is 0 Å². The lowest BCUT2D eigenvalue weighted by Crippen LogP contribution is -2.15. The van der Waals surface area contributed by atoms with Crippen LogP contribution in [0.15, 0.2) is 12.3 Å². The summed E-state index contributed by atoms with van der Waals surface area (Å²) in [5.41, 5.74) is -0.167. The number of hydrogen-bond donors (Lipinski definition) is 2. The van der Waals surface area contributed by atoms with Crippen molar-refractivity contribution in [2.75, 3.05) is 12.4 Å². The van der Waals surface area contributed by atoms with Gasteiger partial charge in [-0.2, -0.15) is 5.10 Å². The zero-order valence-corrected chi connectivity index (χ0v) is 11.0. The molecule has 2 aromatic heterocycles. The van der Waals surface area contributed by atoms with Crippen molar-refractivity contribution in [3.63, 3.8) is 0 Å². The summed E-state index contributed by atoms with van der Waals surface area (Å²) >= 11 is 0. The molecule has 1 amide bonds. The normalized spacial score (nSPS) is 10.2. The summed E-state index contributed by atoms with van der Waals surface area (Å²) in [6, 6.07) is 0.976. The molecule has 2 heterocycles. The molecule has 0 aliphatic carbocycles. The highest BCUT2D eigenvalue weighted by Crippen LogP contribution is 2.16. The van der Waals surface area contributed by atoms with E-state index in [1.807, 2.05) is 0 Å². The highest BCUT2D eigenvalue weighted by Gasteiger charge is 2.21. The summed E-state index contributed by atoms with van der Waals surface area (Å²) in [6.07, 6.45) is 1.39. The van der Waals surface area contributed by atoms with Crippen LogP contribution in [0.5, 0.6) is 0 Å². The van der Waals surface area contributed by atoms with Crippen molar-refractivity contribution < 1.29 is 19.2 Å². The number of nitrogens with one attached hydrogen (secondary N) is 2. The molecule has 0 saturated heterocycles. The molecule has 0 radical (unpaired) electrons. The molecule has 21 heavy (non-hydrogen) atoms. The third-order valence-corrected chi connectivity index (χ3v) is 2.45. The Morgan fingerprint density at radius 3 is 2.81 bits per heavy atom. The van der Waals surface area contributed by atoms with Crippen LogP contribution in [0.3, 0.4) is 0 Å². The Labute approximate surface area is 117 Å². The second kappa shape index (κ2) is 5.40. The fraction of sp³-hybridized carbons (Fsp3) is 0.200. The van der Waals surface area contributed by atoms with Crippen LogP contribution in [0.2, 0.25) is 0 Å². The number of anilines is 1. The number of ether oxygens (including phenoxy) is 1. The van der Waals surface area contributed by atoms with Crippen LogP contribution in [0, 0.1) is 10.1 Å². The van der Waals surface area contributed by atoms with Crippen molar-refractivity contribution in [2.45, 2.75) is 0 Å². The largest absolute Gasteiger partial charge is 0.464 e. The molecule has 0 atom stereocenters. The molecular formula is C10H10N6O5. The van der Waals surface area contributed by atoms with Gasteiger partial charge < -0.3 is 20.2 Å². The van der Waals surface area contributed by atoms with Crippen LogP contribution < -0.4 is 5.32 Å². The molecule has 0 aliphatic heterocycles. The average Bonchev–Trinajstić information content (AvgIpc) is 3.04. The number of nitrogens with zero attached hydrogens (tertiary/aromatic N) is 4. The van der Waals surface area contributed by atoms with E-state index in [2.05, 4.69) is 25.3 Å². The number of aryl methyl sites for hydroxylation is 1. The van der Waals surface area contributed by atoms with E-state index in [1.54, 1.807) is 7.05 Å². The van der Waals surface area contributed by atoms with Gasteiger partial charge in [0.2, 0.25) is 0 Å². The lowest BCUT2D eigenvalue weighted by molar-refractivity contribution is -0.389. The molecule has 2 aromatic rings. The Kier molecular flexibility index (Phi) is 3.65. The van der Waals surface area contributed by atoms with Crippen LogP contribution in [-0.2, 0) is 11.8 Å². The highest BCUT2D eigenvalue weighted by molar-refractivity contribution is 6.06. The van der Waals surface area contributed by atoms with Crippen molar-refractivity contribution >= 4 is 23.4 Å². The molecule has 11 heteroatoms. The Balaban J connectivity index is 2.23. The highest BCUT2D eigenvalue weighted by atomic mass is 16.6. The van der Waals surface area contributed by atoms with Crippen molar-refractivity contribution in [3.8, 4) is 0 Å². The predicted molar refractivity (Wildman–Crippen MR) is 67.7 cm³/mol. The number of rotatable bonds is 4. The van der Waals surface area contributed by atoms with E-state index in [1.165, 1.54) is 18.0 Å². The third-order valence-electron chi connectivity index (χ3n) is 2.45. The second-order valence-electron chi connectivity index (χ2n) is 3.91. The first kappa shape index (κ1) is 14.2. The number of carbonyl (C=O) groups is 2. The third kappa shape index (κ3) is 2.86. The number of H-pyrrole nitrogens is 1. The molecule has 0 aromatic carbocycles. The van der Waals surface area contributed by atoms with Gasteiger partial charge in [0.25, 0.3) is 5.91 Å². The van der Waals surface area contributed by atoms with Gasteiger partial charge in [0, 0.05) is 13.2 Å². The Bertz CT molecular complexity index is 717. The van der Waals surface area contributed by atoms with Gasteiger partial charge in [-0.3, -0.25) is 9.48 Å². The monoisotopic (exact) mass is 294 g/mol. The lowest BCUT2D eigenvalue weighted by atomic mass is 10.3. The Hall–Kier alpha value is -3.24. The van der Waals surface area contributed by atoms with Crippen molar-refractivity contribution in [3.05, 3.63) is 33.8 Å². The minimum absolute atomic E-state index is 0.0848. The van der Waals surface area contributed by atoms with E-state index < -0.39 is 22.6 Å². The summed E-state index contributed by atoms with van der Waals surface area (Å²) in [5.74, 6) is -1.86. The van der Waals surface area contributed by atoms with Gasteiger partial charge in [-0.05, 0) is 4.92 Å².